The van der Waals surface area contributed by atoms with E-state index in [9.17, 15) is 13.6 Å². The third-order valence-corrected chi connectivity index (χ3v) is 6.78. The number of piperidine rings is 1. The van der Waals surface area contributed by atoms with Crippen molar-refractivity contribution in [1.29, 1.82) is 0 Å². The Morgan fingerprint density at radius 3 is 2.65 bits per heavy atom. The molecule has 3 aromatic rings. The van der Waals surface area contributed by atoms with Crippen LogP contribution in [0.15, 0.2) is 36.8 Å². The van der Waals surface area contributed by atoms with E-state index >= 15 is 0 Å². The van der Waals surface area contributed by atoms with Gasteiger partial charge in [-0.2, -0.15) is 0 Å². The molecule has 1 aromatic carbocycles. The van der Waals surface area contributed by atoms with E-state index in [1.165, 1.54) is 23.7 Å². The van der Waals surface area contributed by atoms with Crippen molar-refractivity contribution < 1.29 is 13.6 Å². The summed E-state index contributed by atoms with van der Waals surface area (Å²) in [6.07, 6.45) is 5.04. The van der Waals surface area contributed by atoms with Crippen molar-refractivity contribution in [1.82, 2.24) is 25.2 Å². The lowest BCUT2D eigenvalue weighted by Crippen LogP contribution is -2.54. The molecule has 162 valence electrons. The molecule has 1 saturated heterocycles. The van der Waals surface area contributed by atoms with E-state index < -0.39 is 11.6 Å². The number of halogens is 2. The highest BCUT2D eigenvalue weighted by Gasteiger charge is 2.36. The average molecular weight is 444 g/mol. The van der Waals surface area contributed by atoms with Crippen LogP contribution in [0.3, 0.4) is 0 Å². The summed E-state index contributed by atoms with van der Waals surface area (Å²) in [5, 5.41) is 4.16. The fraction of sp³-hybridized carbons (Fsp3) is 0.364. The molecule has 0 aliphatic carbocycles. The van der Waals surface area contributed by atoms with Crippen molar-refractivity contribution in [3.63, 3.8) is 0 Å². The highest BCUT2D eigenvalue weighted by molar-refractivity contribution is 7.14. The highest BCUT2D eigenvalue weighted by Crippen LogP contribution is 2.31. The maximum Gasteiger partial charge on any atom is 0.266 e. The van der Waals surface area contributed by atoms with Crippen LogP contribution in [0.1, 0.15) is 33.1 Å². The summed E-state index contributed by atoms with van der Waals surface area (Å²) in [4.78, 5) is 28.4. The van der Waals surface area contributed by atoms with E-state index in [0.29, 0.717) is 48.6 Å². The minimum absolute atomic E-state index is 0.0586. The predicted octanol–water partition coefficient (Wildman–Crippen LogP) is 3.62. The molecular formula is C22H23F2N5OS. The molecule has 0 bridgehead atoms. The van der Waals surface area contributed by atoms with Gasteiger partial charge in [0, 0.05) is 24.8 Å². The smallest absolute Gasteiger partial charge is 0.266 e. The molecule has 1 N–H and O–H groups in total. The van der Waals surface area contributed by atoms with Gasteiger partial charge in [0.1, 0.15) is 16.9 Å². The molecule has 0 unspecified atom stereocenters. The van der Waals surface area contributed by atoms with E-state index in [2.05, 4.69) is 20.3 Å². The van der Waals surface area contributed by atoms with Crippen LogP contribution in [0.2, 0.25) is 0 Å². The van der Waals surface area contributed by atoms with Gasteiger partial charge in [0.25, 0.3) is 5.91 Å². The van der Waals surface area contributed by atoms with Crippen LogP contribution in [0.25, 0.3) is 11.4 Å². The molecule has 2 aromatic heterocycles. The number of carbonyl (C=O) groups is 1. The normalized spacial score (nSPS) is 15.8. The number of likely N-dealkylation sites (tertiary alicyclic amines) is 1. The summed E-state index contributed by atoms with van der Waals surface area (Å²) >= 11 is 1.37. The molecule has 1 aliphatic rings. The lowest BCUT2D eigenvalue weighted by atomic mass is 9.82. The minimum Gasteiger partial charge on any atom is -0.338 e. The van der Waals surface area contributed by atoms with E-state index in [-0.39, 0.29) is 11.4 Å². The summed E-state index contributed by atoms with van der Waals surface area (Å²) in [5.41, 5.74) is 1.67. The van der Waals surface area contributed by atoms with Crippen LogP contribution in [-0.4, -0.2) is 51.4 Å². The molecule has 3 heterocycles. The number of aryl methyl sites for hydroxylation is 1. The maximum atomic E-state index is 13.6. The van der Waals surface area contributed by atoms with E-state index in [1.807, 2.05) is 18.9 Å². The first kappa shape index (κ1) is 21.5. The number of benzene rings is 1. The van der Waals surface area contributed by atoms with Crippen molar-refractivity contribution in [2.24, 2.45) is 0 Å². The number of carbonyl (C=O) groups excluding carboxylic acids is 1. The second-order valence-corrected chi connectivity index (χ2v) is 8.96. The van der Waals surface area contributed by atoms with Crippen LogP contribution >= 0.6 is 11.3 Å². The average Bonchev–Trinajstić information content (AvgIpc) is 3.18. The standard InChI is InChI=1S/C22H23F2N5OS/c1-14-28-19(18-5-8-26-13-27-18)20(31-14)21(30)29-9-6-22(25-2,7-10-29)12-15-3-4-16(23)17(24)11-15/h3-5,8,11,13,25H,6-7,9-10,12H2,1-2H3. The lowest BCUT2D eigenvalue weighted by molar-refractivity contribution is 0.0652. The minimum atomic E-state index is -0.845. The van der Waals surface area contributed by atoms with Gasteiger partial charge >= 0.3 is 0 Å². The van der Waals surface area contributed by atoms with Gasteiger partial charge in [0.05, 0.1) is 10.7 Å². The molecule has 0 saturated carbocycles. The fourth-order valence-electron chi connectivity index (χ4n) is 4.01. The molecule has 9 heteroatoms. The number of nitrogens with one attached hydrogen (secondary N) is 1. The fourth-order valence-corrected chi connectivity index (χ4v) is 4.91. The zero-order valence-corrected chi connectivity index (χ0v) is 18.2. The molecule has 0 radical (unpaired) electrons. The molecule has 6 nitrogen and oxygen atoms in total. The monoisotopic (exact) mass is 443 g/mol. The molecule has 4 rings (SSSR count). The number of likely N-dealkylation sites (N-methyl/N-ethyl adjacent to an activating group) is 1. The zero-order valence-electron chi connectivity index (χ0n) is 17.4. The molecular weight excluding hydrogens is 420 g/mol. The SMILES string of the molecule is CNC1(Cc2ccc(F)c(F)c2)CCN(C(=O)c2sc(C)nc2-c2ccncn2)CC1. The molecule has 1 amide bonds. The van der Waals surface area contributed by atoms with Gasteiger partial charge < -0.3 is 10.2 Å². The van der Waals surface area contributed by atoms with Gasteiger partial charge in [-0.3, -0.25) is 4.79 Å². The number of hydrogen-bond acceptors (Lipinski definition) is 6. The van der Waals surface area contributed by atoms with Crippen molar-refractivity contribution in [3.8, 4) is 11.4 Å². The van der Waals surface area contributed by atoms with E-state index in [1.54, 1.807) is 18.3 Å². The third kappa shape index (κ3) is 4.47. The Bertz CT molecular complexity index is 1080. The summed E-state index contributed by atoms with van der Waals surface area (Å²) < 4.78 is 26.9. The Morgan fingerprint density at radius 2 is 2.00 bits per heavy atom. The largest absolute Gasteiger partial charge is 0.338 e. The summed E-state index contributed by atoms with van der Waals surface area (Å²) in [6, 6.07) is 5.77. The van der Waals surface area contributed by atoms with Gasteiger partial charge in [-0.1, -0.05) is 6.07 Å². The second-order valence-electron chi connectivity index (χ2n) is 7.75. The second kappa shape index (κ2) is 8.76. The first-order valence-corrected chi connectivity index (χ1v) is 10.9. The maximum absolute atomic E-state index is 13.6. The van der Waals surface area contributed by atoms with Gasteiger partial charge in [0.2, 0.25) is 0 Å². The summed E-state index contributed by atoms with van der Waals surface area (Å²) in [5.74, 6) is -1.74. The Hall–Kier alpha value is -2.78. The van der Waals surface area contributed by atoms with Crippen LogP contribution in [0.5, 0.6) is 0 Å². The van der Waals surface area contributed by atoms with Crippen molar-refractivity contribution >= 4 is 17.2 Å². The lowest BCUT2D eigenvalue weighted by Gasteiger charge is -2.42. The van der Waals surface area contributed by atoms with E-state index in [0.717, 1.165) is 16.6 Å². The quantitative estimate of drug-likeness (QED) is 0.652. The topological polar surface area (TPSA) is 71.0 Å². The molecule has 0 spiro atoms. The van der Waals surface area contributed by atoms with Gasteiger partial charge in [-0.15, -0.1) is 11.3 Å². The molecule has 31 heavy (non-hydrogen) atoms. The van der Waals surface area contributed by atoms with E-state index in [4.69, 9.17) is 0 Å². The summed E-state index contributed by atoms with van der Waals surface area (Å²) in [7, 11) is 1.87. The van der Waals surface area contributed by atoms with Crippen LogP contribution in [0, 0.1) is 18.6 Å². The van der Waals surface area contributed by atoms with Gasteiger partial charge in [-0.25, -0.2) is 23.7 Å². The molecule has 1 aliphatic heterocycles. The number of hydrogen-bond donors (Lipinski definition) is 1. The van der Waals surface area contributed by atoms with Crippen LogP contribution in [0.4, 0.5) is 8.78 Å². The Kier molecular flexibility index (Phi) is 6.06. The predicted molar refractivity (Wildman–Crippen MR) is 115 cm³/mol. The third-order valence-electron chi connectivity index (χ3n) is 5.82. The Balaban J connectivity index is 1.49. The Morgan fingerprint density at radius 1 is 1.23 bits per heavy atom. The van der Waals surface area contributed by atoms with Crippen molar-refractivity contribution in [3.05, 3.63) is 63.9 Å². The first-order valence-electron chi connectivity index (χ1n) is 10.1. The number of rotatable bonds is 5. The van der Waals surface area contributed by atoms with Crippen molar-refractivity contribution in [2.45, 2.75) is 31.7 Å². The number of thiazole rings is 1. The van der Waals surface area contributed by atoms with Gasteiger partial charge in [0.15, 0.2) is 11.6 Å². The summed E-state index contributed by atoms with van der Waals surface area (Å²) in [6.45, 7) is 2.99. The Labute approximate surface area is 183 Å². The van der Waals surface area contributed by atoms with Crippen LogP contribution < -0.4 is 5.32 Å². The first-order chi connectivity index (χ1) is 14.9. The molecule has 0 atom stereocenters. The highest BCUT2D eigenvalue weighted by atomic mass is 32.1. The van der Waals surface area contributed by atoms with Crippen LogP contribution in [-0.2, 0) is 6.42 Å². The van der Waals surface area contributed by atoms with Gasteiger partial charge in [-0.05, 0) is 57.0 Å². The molecule has 1 fully saturated rings. The number of aromatic nitrogens is 3. The number of nitrogens with zero attached hydrogens (tertiary/aromatic N) is 4. The zero-order chi connectivity index (χ0) is 22.0. The van der Waals surface area contributed by atoms with Crippen molar-refractivity contribution in [2.75, 3.05) is 20.1 Å². The number of amides is 1.